The van der Waals surface area contributed by atoms with E-state index in [4.69, 9.17) is 16.3 Å². The number of nitrogens with zero attached hydrogens (tertiary/aromatic N) is 2. The first kappa shape index (κ1) is 15.1. The molecule has 0 unspecified atom stereocenters. The van der Waals surface area contributed by atoms with Crippen molar-refractivity contribution in [3.8, 4) is 5.75 Å². The van der Waals surface area contributed by atoms with Gasteiger partial charge in [-0.05, 0) is 34.5 Å². The van der Waals surface area contributed by atoms with E-state index in [2.05, 4.69) is 38.1 Å². The van der Waals surface area contributed by atoms with E-state index >= 15 is 0 Å². The lowest BCUT2D eigenvalue weighted by Gasteiger charge is -2.13. The molecule has 1 aromatic heterocycles. The van der Waals surface area contributed by atoms with Gasteiger partial charge in [-0.2, -0.15) is 0 Å². The molecule has 4 nitrogen and oxygen atoms in total. The molecule has 0 aliphatic carbocycles. The summed E-state index contributed by atoms with van der Waals surface area (Å²) in [6.07, 6.45) is 3.25. The van der Waals surface area contributed by atoms with Gasteiger partial charge in [-0.15, -0.1) is 0 Å². The average Bonchev–Trinajstić information content (AvgIpc) is 2.45. The van der Waals surface area contributed by atoms with E-state index in [1.165, 1.54) is 6.33 Å². The van der Waals surface area contributed by atoms with Crippen LogP contribution in [0, 0.1) is 0 Å². The lowest BCUT2D eigenvalue weighted by molar-refractivity contribution is 0.415. The quantitative estimate of drug-likeness (QED) is 0.796. The molecule has 0 saturated carbocycles. The van der Waals surface area contributed by atoms with Crippen LogP contribution in [0.25, 0.3) is 0 Å². The zero-order chi connectivity index (χ0) is 14.5. The fourth-order valence-corrected chi connectivity index (χ4v) is 2.40. The van der Waals surface area contributed by atoms with Crippen LogP contribution >= 0.6 is 27.5 Å². The topological polar surface area (TPSA) is 47.0 Å². The molecule has 0 bridgehead atoms. The summed E-state index contributed by atoms with van der Waals surface area (Å²) < 4.78 is 6.16. The summed E-state index contributed by atoms with van der Waals surface area (Å²) >= 11 is 9.65. The van der Waals surface area contributed by atoms with Crippen LogP contribution in [0.3, 0.4) is 0 Å². The van der Waals surface area contributed by atoms with Crippen LogP contribution < -0.4 is 10.1 Å². The first-order valence-corrected chi connectivity index (χ1v) is 7.42. The maximum absolute atomic E-state index is 6.15. The van der Waals surface area contributed by atoms with Crippen molar-refractivity contribution < 1.29 is 4.74 Å². The van der Waals surface area contributed by atoms with Gasteiger partial charge in [0.2, 0.25) is 0 Å². The summed E-state index contributed by atoms with van der Waals surface area (Å²) in [5.74, 6) is 1.49. The molecular weight excluding hydrogens is 342 g/mol. The fourth-order valence-electron chi connectivity index (χ4n) is 1.82. The van der Waals surface area contributed by atoms with Crippen LogP contribution in [0.15, 0.2) is 29.0 Å². The number of rotatable bonds is 5. The molecule has 0 aliphatic rings. The van der Waals surface area contributed by atoms with E-state index in [-0.39, 0.29) is 0 Å². The number of aromatic nitrogens is 2. The summed E-state index contributed by atoms with van der Waals surface area (Å²) in [5.41, 5.74) is 1.79. The minimum atomic E-state index is 0.489. The van der Waals surface area contributed by atoms with Crippen molar-refractivity contribution in [1.29, 1.82) is 0 Å². The maximum Gasteiger partial charge on any atom is 0.138 e. The number of anilines is 2. The van der Waals surface area contributed by atoms with Gasteiger partial charge in [0.25, 0.3) is 0 Å². The Labute approximate surface area is 131 Å². The Morgan fingerprint density at radius 3 is 2.85 bits per heavy atom. The van der Waals surface area contributed by atoms with E-state index in [0.717, 1.165) is 40.1 Å². The van der Waals surface area contributed by atoms with Gasteiger partial charge in [0.15, 0.2) is 0 Å². The van der Waals surface area contributed by atoms with E-state index < -0.39 is 0 Å². The summed E-state index contributed by atoms with van der Waals surface area (Å²) in [7, 11) is 1.64. The smallest absolute Gasteiger partial charge is 0.138 e. The van der Waals surface area contributed by atoms with Crippen LogP contribution in [0.1, 0.15) is 18.9 Å². The SMILES string of the molecule is CCCc1c(Cl)ncnc1Nc1cc(OC)ccc1Br. The van der Waals surface area contributed by atoms with Crippen LogP contribution in [0.4, 0.5) is 11.5 Å². The molecule has 106 valence electrons. The molecule has 1 heterocycles. The van der Waals surface area contributed by atoms with Crippen LogP contribution in [-0.4, -0.2) is 17.1 Å². The maximum atomic E-state index is 6.15. The molecule has 1 N–H and O–H groups in total. The third-order valence-electron chi connectivity index (χ3n) is 2.82. The number of hydrogen-bond acceptors (Lipinski definition) is 4. The normalized spacial score (nSPS) is 10.4. The largest absolute Gasteiger partial charge is 0.497 e. The summed E-state index contributed by atoms with van der Waals surface area (Å²) in [5, 5.41) is 3.77. The highest BCUT2D eigenvalue weighted by atomic mass is 79.9. The number of nitrogens with one attached hydrogen (secondary N) is 1. The Kier molecular flexibility index (Phi) is 5.20. The summed E-state index contributed by atoms with van der Waals surface area (Å²) in [6, 6.07) is 5.70. The highest BCUT2D eigenvalue weighted by Gasteiger charge is 2.11. The molecule has 0 atom stereocenters. The molecule has 6 heteroatoms. The number of ether oxygens (including phenoxy) is 1. The first-order valence-electron chi connectivity index (χ1n) is 6.25. The van der Waals surface area contributed by atoms with E-state index in [1.54, 1.807) is 7.11 Å². The van der Waals surface area contributed by atoms with Gasteiger partial charge in [-0.25, -0.2) is 9.97 Å². The minimum Gasteiger partial charge on any atom is -0.497 e. The second kappa shape index (κ2) is 6.90. The zero-order valence-electron chi connectivity index (χ0n) is 11.3. The van der Waals surface area contributed by atoms with E-state index in [0.29, 0.717) is 5.15 Å². The fraction of sp³-hybridized carbons (Fsp3) is 0.286. The van der Waals surface area contributed by atoms with E-state index in [1.807, 2.05) is 18.2 Å². The molecular formula is C14H15BrClN3O. The standard InChI is InChI=1S/C14H15BrClN3O/c1-3-4-10-13(16)17-8-18-14(10)19-12-7-9(20-2)5-6-11(12)15/h5-8H,3-4H2,1-2H3,(H,17,18,19). The minimum absolute atomic E-state index is 0.489. The van der Waals surface area contributed by atoms with Gasteiger partial charge >= 0.3 is 0 Å². The Balaban J connectivity index is 2.37. The van der Waals surface area contributed by atoms with Crippen LogP contribution in [0.2, 0.25) is 5.15 Å². The molecule has 1 aromatic carbocycles. The Morgan fingerprint density at radius 1 is 1.35 bits per heavy atom. The molecule has 0 aliphatic heterocycles. The average molecular weight is 357 g/mol. The van der Waals surface area contributed by atoms with Gasteiger partial charge in [-0.3, -0.25) is 0 Å². The number of halogens is 2. The summed E-state index contributed by atoms with van der Waals surface area (Å²) in [6.45, 7) is 2.09. The lowest BCUT2D eigenvalue weighted by atomic mass is 10.2. The van der Waals surface area contributed by atoms with Gasteiger partial charge in [0.05, 0.1) is 12.8 Å². The molecule has 2 rings (SSSR count). The van der Waals surface area contributed by atoms with Crippen LogP contribution in [0.5, 0.6) is 5.75 Å². The monoisotopic (exact) mass is 355 g/mol. The van der Waals surface area contributed by atoms with Gasteiger partial charge in [0.1, 0.15) is 23.0 Å². The van der Waals surface area contributed by atoms with Gasteiger partial charge in [0, 0.05) is 16.1 Å². The molecule has 0 saturated heterocycles. The number of benzene rings is 1. The Morgan fingerprint density at radius 2 is 2.15 bits per heavy atom. The Hall–Kier alpha value is -1.33. The van der Waals surface area contributed by atoms with Gasteiger partial charge < -0.3 is 10.1 Å². The highest BCUT2D eigenvalue weighted by Crippen LogP contribution is 2.31. The predicted octanol–water partition coefficient (Wildman–Crippen LogP) is 4.60. The molecule has 0 fully saturated rings. The third kappa shape index (κ3) is 3.41. The van der Waals surface area contributed by atoms with E-state index in [9.17, 15) is 0 Å². The zero-order valence-corrected chi connectivity index (χ0v) is 13.6. The first-order chi connectivity index (χ1) is 9.65. The van der Waals surface area contributed by atoms with Crippen molar-refractivity contribution in [1.82, 2.24) is 9.97 Å². The number of hydrogen-bond donors (Lipinski definition) is 1. The van der Waals surface area contributed by atoms with Crippen molar-refractivity contribution in [3.63, 3.8) is 0 Å². The van der Waals surface area contributed by atoms with Crippen molar-refractivity contribution in [2.45, 2.75) is 19.8 Å². The molecule has 0 radical (unpaired) electrons. The van der Waals surface area contributed by atoms with Gasteiger partial charge in [-0.1, -0.05) is 24.9 Å². The Bertz CT molecular complexity index is 607. The third-order valence-corrected chi connectivity index (χ3v) is 3.84. The van der Waals surface area contributed by atoms with Crippen molar-refractivity contribution in [2.75, 3.05) is 12.4 Å². The lowest BCUT2D eigenvalue weighted by Crippen LogP contribution is -2.02. The molecule has 20 heavy (non-hydrogen) atoms. The van der Waals surface area contributed by atoms with Crippen LogP contribution in [-0.2, 0) is 6.42 Å². The molecule has 0 amide bonds. The molecule has 2 aromatic rings. The second-order valence-electron chi connectivity index (χ2n) is 4.21. The molecule has 0 spiro atoms. The van der Waals surface area contributed by atoms with Crippen molar-refractivity contribution in [3.05, 3.63) is 39.7 Å². The van der Waals surface area contributed by atoms with Crippen molar-refractivity contribution in [2.24, 2.45) is 0 Å². The highest BCUT2D eigenvalue weighted by molar-refractivity contribution is 9.10. The second-order valence-corrected chi connectivity index (χ2v) is 5.42. The summed E-state index contributed by atoms with van der Waals surface area (Å²) in [4.78, 5) is 8.32. The number of methoxy groups -OCH3 is 1. The van der Waals surface area contributed by atoms with Crippen molar-refractivity contribution >= 4 is 39.0 Å². The predicted molar refractivity (Wildman–Crippen MR) is 85.0 cm³/mol.